The molecule has 0 bridgehead atoms. The molecule has 0 saturated heterocycles. The van der Waals surface area contributed by atoms with Gasteiger partial charge in [-0.3, -0.25) is 0 Å². The average Bonchev–Trinajstić information content (AvgIpc) is 3.39. The molecule has 0 aromatic heterocycles. The van der Waals surface area contributed by atoms with Gasteiger partial charge in [-0.05, 0) is 61.7 Å². The molecule has 0 amide bonds. The number of methoxy groups -OCH3 is 1. The van der Waals surface area contributed by atoms with E-state index in [1.807, 2.05) is 7.11 Å². The van der Waals surface area contributed by atoms with Gasteiger partial charge in [0.2, 0.25) is 0 Å². The third-order valence-corrected chi connectivity index (χ3v) is 10.1. The van der Waals surface area contributed by atoms with E-state index in [9.17, 15) is 0 Å². The fourth-order valence-corrected chi connectivity index (χ4v) is 9.21. The van der Waals surface area contributed by atoms with E-state index in [0.717, 1.165) is 17.5 Å². The van der Waals surface area contributed by atoms with Crippen LogP contribution in [0.1, 0.15) is 45.4 Å². The van der Waals surface area contributed by atoms with Crippen LogP contribution in [0.2, 0.25) is 0 Å². The zero-order valence-corrected chi connectivity index (χ0v) is 17.7. The maximum atomic E-state index is 5.91. The highest BCUT2D eigenvalue weighted by molar-refractivity contribution is 7.73. The first-order valence-corrected chi connectivity index (χ1v) is 12.1. The van der Waals surface area contributed by atoms with Crippen LogP contribution in [0.5, 0.6) is 0 Å². The van der Waals surface area contributed by atoms with Gasteiger partial charge in [0.05, 0.1) is 6.10 Å². The Balaban J connectivity index is 1.77. The quantitative estimate of drug-likeness (QED) is 0.581. The van der Waals surface area contributed by atoms with Crippen LogP contribution in [0, 0.1) is 17.8 Å². The summed E-state index contributed by atoms with van der Waals surface area (Å²) >= 11 is 0. The van der Waals surface area contributed by atoms with Gasteiger partial charge in [-0.25, -0.2) is 0 Å². The molecule has 0 spiro atoms. The second kappa shape index (κ2) is 8.89. The Morgan fingerprint density at radius 3 is 1.89 bits per heavy atom. The molecule has 2 aliphatic carbocycles. The Morgan fingerprint density at radius 1 is 0.815 bits per heavy atom. The molecule has 0 aliphatic heterocycles. The summed E-state index contributed by atoms with van der Waals surface area (Å²) in [5, 5.41) is 3.09. The number of benzene rings is 2. The Kier molecular flexibility index (Phi) is 6.31. The van der Waals surface area contributed by atoms with Crippen molar-refractivity contribution in [2.75, 3.05) is 7.11 Å². The third-order valence-electron chi connectivity index (χ3n) is 7.06. The SMILES string of the molecule is CO[C@@H](C)C1CCC(C2CCCC2)[C@@H]1P(c1ccccc1)c1ccccc1. The van der Waals surface area contributed by atoms with Gasteiger partial charge in [0, 0.05) is 7.11 Å². The summed E-state index contributed by atoms with van der Waals surface area (Å²) in [5.74, 6) is 2.47. The van der Waals surface area contributed by atoms with Crippen molar-refractivity contribution >= 4 is 18.5 Å². The molecule has 0 N–H and O–H groups in total. The van der Waals surface area contributed by atoms with Crippen molar-refractivity contribution in [2.45, 2.75) is 57.2 Å². The molecule has 4 atom stereocenters. The molecule has 144 valence electrons. The first kappa shape index (κ1) is 19.2. The second-order valence-corrected chi connectivity index (χ2v) is 10.8. The first-order chi connectivity index (χ1) is 13.3. The molecule has 0 radical (unpaired) electrons. The van der Waals surface area contributed by atoms with Crippen molar-refractivity contribution in [3.05, 3.63) is 60.7 Å². The summed E-state index contributed by atoms with van der Waals surface area (Å²) in [6.07, 6.45) is 8.84. The minimum Gasteiger partial charge on any atom is -0.381 e. The third kappa shape index (κ3) is 4.01. The van der Waals surface area contributed by atoms with E-state index >= 15 is 0 Å². The zero-order valence-electron chi connectivity index (χ0n) is 16.8. The van der Waals surface area contributed by atoms with Gasteiger partial charge in [0.1, 0.15) is 0 Å². The van der Waals surface area contributed by atoms with Gasteiger partial charge in [0.25, 0.3) is 0 Å². The summed E-state index contributed by atoms with van der Waals surface area (Å²) in [5.41, 5.74) is 0.739. The van der Waals surface area contributed by atoms with Crippen LogP contribution in [0.3, 0.4) is 0 Å². The van der Waals surface area contributed by atoms with Crippen molar-refractivity contribution in [1.29, 1.82) is 0 Å². The lowest BCUT2D eigenvalue weighted by molar-refractivity contribution is 0.0683. The van der Waals surface area contributed by atoms with Crippen LogP contribution in [-0.4, -0.2) is 18.9 Å². The minimum absolute atomic E-state index is 0.346. The van der Waals surface area contributed by atoms with Crippen LogP contribution in [-0.2, 0) is 4.74 Å². The number of hydrogen-bond acceptors (Lipinski definition) is 1. The van der Waals surface area contributed by atoms with E-state index in [1.54, 1.807) is 10.6 Å². The minimum atomic E-state index is -0.365. The monoisotopic (exact) mass is 380 g/mol. The molecular weight excluding hydrogens is 347 g/mol. The lowest BCUT2D eigenvalue weighted by Gasteiger charge is -2.38. The summed E-state index contributed by atoms with van der Waals surface area (Å²) in [6.45, 7) is 2.30. The van der Waals surface area contributed by atoms with Gasteiger partial charge in [0.15, 0.2) is 0 Å². The Bertz CT molecular complexity index is 655. The van der Waals surface area contributed by atoms with Crippen molar-refractivity contribution in [2.24, 2.45) is 17.8 Å². The standard InChI is InChI=1S/C25H33OP/c1-19(26-2)23-17-18-24(20-11-9-10-12-20)25(23)27(21-13-5-3-6-14-21)22-15-7-4-8-16-22/h3-8,13-16,19-20,23-25H,9-12,17-18H2,1-2H3/t19-,23?,24?,25+/m0/s1. The first-order valence-electron chi connectivity index (χ1n) is 10.7. The van der Waals surface area contributed by atoms with Gasteiger partial charge < -0.3 is 4.74 Å². The van der Waals surface area contributed by atoms with Crippen LogP contribution in [0.15, 0.2) is 60.7 Å². The number of hydrogen-bond donors (Lipinski definition) is 0. The molecule has 2 aromatic carbocycles. The van der Waals surface area contributed by atoms with Crippen molar-refractivity contribution in [3.63, 3.8) is 0 Å². The molecule has 1 nitrogen and oxygen atoms in total. The zero-order chi connectivity index (χ0) is 18.6. The fourth-order valence-electron chi connectivity index (χ4n) is 5.68. The van der Waals surface area contributed by atoms with E-state index in [-0.39, 0.29) is 7.92 Å². The van der Waals surface area contributed by atoms with Gasteiger partial charge in [-0.15, -0.1) is 0 Å². The van der Waals surface area contributed by atoms with Gasteiger partial charge in [-0.1, -0.05) is 86.3 Å². The fraction of sp³-hybridized carbons (Fsp3) is 0.520. The topological polar surface area (TPSA) is 9.23 Å². The van der Waals surface area contributed by atoms with Crippen molar-refractivity contribution < 1.29 is 4.74 Å². The van der Waals surface area contributed by atoms with Crippen molar-refractivity contribution in [1.82, 2.24) is 0 Å². The number of rotatable bonds is 6. The average molecular weight is 381 g/mol. The highest BCUT2D eigenvalue weighted by Gasteiger charge is 2.47. The summed E-state index contributed by atoms with van der Waals surface area (Å²) in [4.78, 5) is 0. The van der Waals surface area contributed by atoms with Crippen LogP contribution >= 0.6 is 7.92 Å². The Hall–Kier alpha value is -1.17. The summed E-state index contributed by atoms with van der Waals surface area (Å²) < 4.78 is 5.91. The lowest BCUT2D eigenvalue weighted by Crippen LogP contribution is -2.36. The smallest absolute Gasteiger partial charge is 0.0577 e. The van der Waals surface area contributed by atoms with Crippen LogP contribution in [0.4, 0.5) is 0 Å². The molecule has 2 fully saturated rings. The van der Waals surface area contributed by atoms with Crippen LogP contribution in [0.25, 0.3) is 0 Å². The summed E-state index contributed by atoms with van der Waals surface area (Å²) in [7, 11) is 1.54. The maximum absolute atomic E-state index is 5.91. The molecule has 2 aromatic rings. The normalized spacial score (nSPS) is 27.3. The largest absolute Gasteiger partial charge is 0.381 e. The van der Waals surface area contributed by atoms with Crippen LogP contribution < -0.4 is 10.6 Å². The van der Waals surface area contributed by atoms with E-state index in [4.69, 9.17) is 4.74 Å². The number of ether oxygens (including phenoxy) is 1. The molecule has 2 saturated carbocycles. The van der Waals surface area contributed by atoms with Gasteiger partial charge in [-0.2, -0.15) is 0 Å². The van der Waals surface area contributed by atoms with E-state index in [0.29, 0.717) is 12.0 Å². The maximum Gasteiger partial charge on any atom is 0.0577 e. The molecule has 2 aliphatic rings. The van der Waals surface area contributed by atoms with Gasteiger partial charge >= 0.3 is 0 Å². The summed E-state index contributed by atoms with van der Waals surface area (Å²) in [6, 6.07) is 22.7. The highest BCUT2D eigenvalue weighted by Crippen LogP contribution is 2.57. The van der Waals surface area contributed by atoms with E-state index in [2.05, 4.69) is 67.6 Å². The molecule has 4 rings (SSSR count). The predicted octanol–water partition coefficient (Wildman–Crippen LogP) is 5.74. The predicted molar refractivity (Wildman–Crippen MR) is 118 cm³/mol. The molecular formula is C25H33OP. The molecule has 2 unspecified atom stereocenters. The highest BCUT2D eigenvalue weighted by atomic mass is 31.1. The van der Waals surface area contributed by atoms with E-state index < -0.39 is 0 Å². The van der Waals surface area contributed by atoms with E-state index in [1.165, 1.54) is 38.5 Å². The lowest BCUT2D eigenvalue weighted by atomic mass is 9.87. The molecule has 2 heteroatoms. The molecule has 27 heavy (non-hydrogen) atoms. The Morgan fingerprint density at radius 2 is 1.37 bits per heavy atom. The second-order valence-electron chi connectivity index (χ2n) is 8.42. The molecule has 0 heterocycles. The van der Waals surface area contributed by atoms with Crippen molar-refractivity contribution in [3.8, 4) is 0 Å². The Labute approximate surface area is 166 Å².